The quantitative estimate of drug-likeness (QED) is 0.854. The van der Waals surface area contributed by atoms with Gasteiger partial charge in [0.05, 0.1) is 26.4 Å². The van der Waals surface area contributed by atoms with Crippen LogP contribution in [-0.4, -0.2) is 24.2 Å². The van der Waals surface area contributed by atoms with Crippen molar-refractivity contribution in [2.75, 3.05) is 14.2 Å². The predicted octanol–water partition coefficient (Wildman–Crippen LogP) is 2.29. The highest BCUT2D eigenvalue weighted by Crippen LogP contribution is 2.26. The van der Waals surface area contributed by atoms with Crippen molar-refractivity contribution in [3.63, 3.8) is 0 Å². The molecule has 0 N–H and O–H groups in total. The minimum absolute atomic E-state index is 0.133. The molecular formula is C14H12FN3O2. The van der Waals surface area contributed by atoms with Gasteiger partial charge in [-0.2, -0.15) is 15.2 Å². The van der Waals surface area contributed by atoms with E-state index in [-0.39, 0.29) is 23.1 Å². The van der Waals surface area contributed by atoms with Crippen molar-refractivity contribution in [2.24, 2.45) is 0 Å². The van der Waals surface area contributed by atoms with E-state index >= 15 is 0 Å². The van der Waals surface area contributed by atoms with Crippen LogP contribution in [-0.2, 0) is 0 Å². The van der Waals surface area contributed by atoms with Gasteiger partial charge >= 0.3 is 0 Å². The first kappa shape index (κ1) is 13.7. The van der Waals surface area contributed by atoms with Crippen LogP contribution in [0.15, 0.2) is 30.3 Å². The second-order valence-electron chi connectivity index (χ2n) is 3.89. The number of methoxy groups -OCH3 is 2. The van der Waals surface area contributed by atoms with E-state index in [1.807, 2.05) is 6.07 Å². The minimum atomic E-state index is -0.930. The summed E-state index contributed by atoms with van der Waals surface area (Å²) in [6, 6.07) is 9.51. The molecule has 0 aliphatic heterocycles. The van der Waals surface area contributed by atoms with Crippen molar-refractivity contribution in [3.05, 3.63) is 47.5 Å². The van der Waals surface area contributed by atoms with Crippen LogP contribution >= 0.6 is 0 Å². The summed E-state index contributed by atoms with van der Waals surface area (Å²) >= 11 is 0. The predicted molar refractivity (Wildman–Crippen MR) is 69.0 cm³/mol. The molecule has 1 aromatic carbocycles. The van der Waals surface area contributed by atoms with E-state index in [2.05, 4.69) is 9.97 Å². The van der Waals surface area contributed by atoms with E-state index in [9.17, 15) is 9.65 Å². The molecule has 1 unspecified atom stereocenters. The van der Waals surface area contributed by atoms with E-state index in [4.69, 9.17) is 9.47 Å². The van der Waals surface area contributed by atoms with Gasteiger partial charge in [-0.1, -0.05) is 18.2 Å². The fourth-order valence-corrected chi connectivity index (χ4v) is 1.73. The minimum Gasteiger partial charge on any atom is -0.481 e. The van der Waals surface area contributed by atoms with Gasteiger partial charge < -0.3 is 9.47 Å². The van der Waals surface area contributed by atoms with Crippen molar-refractivity contribution in [1.29, 1.82) is 5.26 Å². The summed E-state index contributed by atoms with van der Waals surface area (Å²) in [7, 11) is 2.88. The Bertz CT molecular complexity index is 633. The molecule has 0 bridgehead atoms. The zero-order valence-corrected chi connectivity index (χ0v) is 11.0. The molecule has 2 aromatic rings. The number of rotatable bonds is 4. The van der Waals surface area contributed by atoms with Gasteiger partial charge in [-0.15, -0.1) is 0 Å². The van der Waals surface area contributed by atoms with Crippen LogP contribution < -0.4 is 9.47 Å². The van der Waals surface area contributed by atoms with Crippen LogP contribution in [0.5, 0.6) is 11.8 Å². The summed E-state index contributed by atoms with van der Waals surface area (Å²) in [6.45, 7) is 0. The highest BCUT2D eigenvalue weighted by molar-refractivity contribution is 5.35. The molecule has 0 fully saturated rings. The Morgan fingerprint density at radius 3 is 2.25 bits per heavy atom. The Kier molecular flexibility index (Phi) is 4.11. The number of nitrogens with zero attached hydrogens (tertiary/aromatic N) is 3. The lowest BCUT2D eigenvalue weighted by Crippen LogP contribution is -2.08. The van der Waals surface area contributed by atoms with Crippen LogP contribution in [0.4, 0.5) is 4.39 Å². The number of halogens is 1. The molecule has 0 spiro atoms. The molecule has 0 saturated heterocycles. The zero-order valence-electron chi connectivity index (χ0n) is 11.0. The van der Waals surface area contributed by atoms with Gasteiger partial charge in [0.25, 0.3) is 0 Å². The Morgan fingerprint density at radius 2 is 1.75 bits per heavy atom. The molecule has 6 heteroatoms. The number of benzene rings is 1. The Hall–Kier alpha value is -2.68. The lowest BCUT2D eigenvalue weighted by molar-refractivity contribution is 0.368. The van der Waals surface area contributed by atoms with Gasteiger partial charge in [-0.25, -0.2) is 4.39 Å². The summed E-state index contributed by atoms with van der Waals surface area (Å²) in [6.07, 6.45) is 0. The van der Waals surface area contributed by atoms with Gasteiger partial charge in [0, 0.05) is 5.56 Å². The van der Waals surface area contributed by atoms with E-state index in [0.717, 1.165) is 0 Å². The second-order valence-corrected chi connectivity index (χ2v) is 3.89. The topological polar surface area (TPSA) is 68.0 Å². The first-order valence-corrected chi connectivity index (χ1v) is 5.80. The number of ether oxygens (including phenoxy) is 2. The molecule has 1 atom stereocenters. The maximum Gasteiger partial charge on any atom is 0.220 e. The molecular weight excluding hydrogens is 261 g/mol. The van der Waals surface area contributed by atoms with E-state index in [0.29, 0.717) is 0 Å². The Balaban J connectivity index is 2.53. The van der Waals surface area contributed by atoms with Crippen molar-refractivity contribution < 1.29 is 13.9 Å². The molecule has 2 rings (SSSR count). The molecule has 102 valence electrons. The Labute approximate surface area is 115 Å². The lowest BCUT2D eigenvalue weighted by Gasteiger charge is -2.11. The van der Waals surface area contributed by atoms with Crippen LogP contribution in [0.1, 0.15) is 17.3 Å². The molecule has 5 nitrogen and oxygen atoms in total. The summed E-state index contributed by atoms with van der Waals surface area (Å²) in [5.74, 6) is -0.773. The first-order chi connectivity index (χ1) is 9.69. The first-order valence-electron chi connectivity index (χ1n) is 5.80. The van der Waals surface area contributed by atoms with Gasteiger partial charge in [0.15, 0.2) is 5.82 Å². The summed E-state index contributed by atoms with van der Waals surface area (Å²) in [5, 5.41) is 9.31. The lowest BCUT2D eigenvalue weighted by atomic mass is 9.99. The second kappa shape index (κ2) is 5.97. The van der Waals surface area contributed by atoms with Crippen molar-refractivity contribution in [3.8, 4) is 17.8 Å². The maximum atomic E-state index is 13.8. The van der Waals surface area contributed by atoms with E-state index < -0.39 is 11.7 Å². The number of nitriles is 1. The van der Waals surface area contributed by atoms with Gasteiger partial charge in [0.2, 0.25) is 11.8 Å². The molecule has 1 heterocycles. The molecule has 0 aliphatic rings. The van der Waals surface area contributed by atoms with Gasteiger partial charge in [0.1, 0.15) is 11.7 Å². The third-order valence-electron chi connectivity index (χ3n) is 2.72. The SMILES string of the molecule is COc1cc(OC)nc(C(C#N)c2ccccc2F)n1. The van der Waals surface area contributed by atoms with Crippen LogP contribution in [0.25, 0.3) is 0 Å². The average Bonchev–Trinajstić information content (AvgIpc) is 2.49. The molecule has 0 amide bonds. The zero-order chi connectivity index (χ0) is 14.5. The standard InChI is InChI=1S/C14H12FN3O2/c1-19-12-7-13(20-2)18-14(17-12)10(8-16)9-5-3-4-6-11(9)15/h3-7,10H,1-2H3. The number of hydrogen-bond acceptors (Lipinski definition) is 5. The molecule has 1 aromatic heterocycles. The van der Waals surface area contributed by atoms with Gasteiger partial charge in [-0.3, -0.25) is 0 Å². The van der Waals surface area contributed by atoms with Crippen molar-refractivity contribution >= 4 is 0 Å². The maximum absolute atomic E-state index is 13.8. The normalized spacial score (nSPS) is 11.5. The van der Waals surface area contributed by atoms with Gasteiger partial charge in [-0.05, 0) is 6.07 Å². The van der Waals surface area contributed by atoms with Crippen molar-refractivity contribution in [1.82, 2.24) is 9.97 Å². The largest absolute Gasteiger partial charge is 0.481 e. The number of hydrogen-bond donors (Lipinski definition) is 0. The fraction of sp³-hybridized carbons (Fsp3) is 0.214. The number of aromatic nitrogens is 2. The van der Waals surface area contributed by atoms with Crippen LogP contribution in [0, 0.1) is 17.1 Å². The molecule has 20 heavy (non-hydrogen) atoms. The van der Waals surface area contributed by atoms with Crippen LogP contribution in [0.3, 0.4) is 0 Å². The third kappa shape index (κ3) is 2.67. The summed E-state index contributed by atoms with van der Waals surface area (Å²) in [4.78, 5) is 8.17. The molecule has 0 radical (unpaired) electrons. The highest BCUT2D eigenvalue weighted by atomic mass is 19.1. The Morgan fingerprint density at radius 1 is 1.15 bits per heavy atom. The summed E-state index contributed by atoms with van der Waals surface area (Å²) < 4.78 is 23.9. The highest BCUT2D eigenvalue weighted by Gasteiger charge is 2.21. The van der Waals surface area contributed by atoms with Crippen molar-refractivity contribution in [2.45, 2.75) is 5.92 Å². The van der Waals surface area contributed by atoms with E-state index in [1.165, 1.54) is 32.4 Å². The molecule has 0 aliphatic carbocycles. The monoisotopic (exact) mass is 273 g/mol. The molecule has 0 saturated carbocycles. The van der Waals surface area contributed by atoms with Crippen LogP contribution in [0.2, 0.25) is 0 Å². The third-order valence-corrected chi connectivity index (χ3v) is 2.72. The smallest absolute Gasteiger partial charge is 0.220 e. The van der Waals surface area contributed by atoms with E-state index in [1.54, 1.807) is 12.1 Å². The fourth-order valence-electron chi connectivity index (χ4n) is 1.73. The average molecular weight is 273 g/mol. The summed E-state index contributed by atoms with van der Waals surface area (Å²) in [5.41, 5.74) is 0.213.